The fraction of sp³-hybridized carbons (Fsp3) is 0.667. The number of likely N-dealkylation sites (tertiary alicyclic amines) is 1. The van der Waals surface area contributed by atoms with E-state index in [9.17, 15) is 4.79 Å². The van der Waals surface area contributed by atoms with Crippen LogP contribution in [-0.4, -0.2) is 46.5 Å². The Morgan fingerprint density at radius 3 is 2.85 bits per heavy atom. The second-order valence-electron chi connectivity index (χ2n) is 8.01. The van der Waals surface area contributed by atoms with Gasteiger partial charge in [-0.25, -0.2) is 4.98 Å². The van der Waals surface area contributed by atoms with Gasteiger partial charge >= 0.3 is 0 Å². The summed E-state index contributed by atoms with van der Waals surface area (Å²) in [6, 6.07) is 0.411. The van der Waals surface area contributed by atoms with Crippen molar-refractivity contribution < 1.29 is 4.79 Å². The Morgan fingerprint density at radius 2 is 2.04 bits per heavy atom. The number of rotatable bonds is 4. The third-order valence-electron chi connectivity index (χ3n) is 6.36. The molecule has 0 N–H and O–H groups in total. The van der Waals surface area contributed by atoms with E-state index in [0.717, 1.165) is 50.4 Å². The molecule has 1 aliphatic carbocycles. The Hall–Kier alpha value is -1.91. The normalized spacial score (nSPS) is 26.5. The molecule has 2 atom stereocenters. The lowest BCUT2D eigenvalue weighted by molar-refractivity contribution is -0.139. The van der Waals surface area contributed by atoms with Gasteiger partial charge in [-0.05, 0) is 57.8 Å². The zero-order valence-electron chi connectivity index (χ0n) is 15.9. The third kappa shape index (κ3) is 3.62. The number of carbonyl (C=O) groups is 1. The van der Waals surface area contributed by atoms with Crippen molar-refractivity contribution in [2.75, 3.05) is 24.5 Å². The maximum Gasteiger partial charge on any atom is 0.222 e. The van der Waals surface area contributed by atoms with Crippen molar-refractivity contribution in [2.45, 2.75) is 64.3 Å². The number of allylic oxidation sites excluding steroid dienone is 1. The summed E-state index contributed by atoms with van der Waals surface area (Å²) in [6.07, 6.45) is 14.9. The van der Waals surface area contributed by atoms with Crippen LogP contribution in [-0.2, 0) is 4.79 Å². The maximum absolute atomic E-state index is 12.6. The van der Waals surface area contributed by atoms with Gasteiger partial charge in [0.25, 0.3) is 0 Å². The van der Waals surface area contributed by atoms with Gasteiger partial charge in [0.2, 0.25) is 5.91 Å². The summed E-state index contributed by atoms with van der Waals surface area (Å²) in [5.41, 5.74) is 2.57. The molecule has 1 aromatic rings. The molecule has 0 spiro atoms. The number of carbonyl (C=O) groups excluding carboxylic acids is 1. The predicted molar refractivity (Wildman–Crippen MR) is 103 cm³/mol. The Kier molecular flexibility index (Phi) is 5.23. The van der Waals surface area contributed by atoms with E-state index < -0.39 is 0 Å². The van der Waals surface area contributed by atoms with Gasteiger partial charge < -0.3 is 9.80 Å². The zero-order valence-corrected chi connectivity index (χ0v) is 15.9. The highest BCUT2D eigenvalue weighted by atomic mass is 16.2. The number of nitrogens with zero attached hydrogens (tertiary/aromatic N) is 4. The van der Waals surface area contributed by atoms with E-state index in [1.807, 2.05) is 6.92 Å². The number of amides is 1. The fourth-order valence-electron chi connectivity index (χ4n) is 4.94. The van der Waals surface area contributed by atoms with Crippen LogP contribution in [0.4, 0.5) is 5.82 Å². The van der Waals surface area contributed by atoms with Crippen molar-refractivity contribution in [3.63, 3.8) is 0 Å². The molecule has 2 fully saturated rings. The van der Waals surface area contributed by atoms with Crippen LogP contribution < -0.4 is 4.90 Å². The van der Waals surface area contributed by atoms with Gasteiger partial charge in [-0.1, -0.05) is 11.6 Å². The molecule has 0 unspecified atom stereocenters. The van der Waals surface area contributed by atoms with Crippen LogP contribution in [0.3, 0.4) is 0 Å². The van der Waals surface area contributed by atoms with Gasteiger partial charge in [-0.2, -0.15) is 0 Å². The SMILES string of the molecule is Cc1nccnc1N1CC[C@@H]2[C@@H](CCC(=O)N2CCC2=CCCCC2)C1. The molecule has 2 aliphatic heterocycles. The van der Waals surface area contributed by atoms with Crippen molar-refractivity contribution in [3.8, 4) is 0 Å². The van der Waals surface area contributed by atoms with Gasteiger partial charge in [-0.15, -0.1) is 0 Å². The number of anilines is 1. The van der Waals surface area contributed by atoms with Gasteiger partial charge in [0.1, 0.15) is 5.82 Å². The average molecular weight is 354 g/mol. The molecule has 1 aromatic heterocycles. The lowest BCUT2D eigenvalue weighted by atomic mass is 9.83. The van der Waals surface area contributed by atoms with Crippen LogP contribution in [0, 0.1) is 12.8 Å². The second-order valence-corrected chi connectivity index (χ2v) is 8.01. The monoisotopic (exact) mass is 354 g/mol. The predicted octanol–water partition coefficient (Wildman–Crippen LogP) is 3.49. The lowest BCUT2D eigenvalue weighted by Crippen LogP contribution is -2.56. The van der Waals surface area contributed by atoms with E-state index >= 15 is 0 Å². The molecule has 2 saturated heterocycles. The minimum atomic E-state index is 0.367. The minimum absolute atomic E-state index is 0.367. The summed E-state index contributed by atoms with van der Waals surface area (Å²) in [7, 11) is 0. The first-order valence-electron chi connectivity index (χ1n) is 10.2. The Labute approximate surface area is 156 Å². The minimum Gasteiger partial charge on any atom is -0.355 e. The molecule has 3 aliphatic rings. The molecule has 0 radical (unpaired) electrons. The topological polar surface area (TPSA) is 49.3 Å². The second kappa shape index (κ2) is 7.77. The highest BCUT2D eigenvalue weighted by Crippen LogP contribution is 2.34. The van der Waals surface area contributed by atoms with E-state index in [-0.39, 0.29) is 0 Å². The smallest absolute Gasteiger partial charge is 0.222 e. The number of fused-ring (bicyclic) bond motifs is 1. The van der Waals surface area contributed by atoms with Gasteiger partial charge in [0.05, 0.1) is 5.69 Å². The fourth-order valence-corrected chi connectivity index (χ4v) is 4.94. The van der Waals surface area contributed by atoms with Crippen molar-refractivity contribution in [2.24, 2.45) is 5.92 Å². The highest BCUT2D eigenvalue weighted by molar-refractivity contribution is 5.77. The Balaban J connectivity index is 1.42. The molecular formula is C21H30N4O. The van der Waals surface area contributed by atoms with Crippen molar-refractivity contribution >= 4 is 11.7 Å². The van der Waals surface area contributed by atoms with E-state index in [1.54, 1.807) is 18.0 Å². The van der Waals surface area contributed by atoms with Crippen LogP contribution >= 0.6 is 0 Å². The van der Waals surface area contributed by atoms with E-state index in [1.165, 1.54) is 25.7 Å². The summed E-state index contributed by atoms with van der Waals surface area (Å²) >= 11 is 0. The number of aromatic nitrogens is 2. The molecular weight excluding hydrogens is 324 g/mol. The molecule has 0 saturated carbocycles. The first-order valence-corrected chi connectivity index (χ1v) is 10.2. The summed E-state index contributed by atoms with van der Waals surface area (Å²) in [5.74, 6) is 1.94. The Bertz CT molecular complexity index is 686. The van der Waals surface area contributed by atoms with Crippen molar-refractivity contribution in [1.29, 1.82) is 0 Å². The van der Waals surface area contributed by atoms with Gasteiger partial charge in [-0.3, -0.25) is 9.78 Å². The molecule has 0 bridgehead atoms. The molecule has 1 amide bonds. The molecule has 4 rings (SSSR count). The van der Waals surface area contributed by atoms with E-state index in [4.69, 9.17) is 0 Å². The molecule has 0 aromatic carbocycles. The molecule has 5 nitrogen and oxygen atoms in total. The summed E-state index contributed by atoms with van der Waals surface area (Å²) in [5, 5.41) is 0. The van der Waals surface area contributed by atoms with Crippen LogP contribution in [0.2, 0.25) is 0 Å². The van der Waals surface area contributed by atoms with E-state index in [2.05, 4.69) is 25.8 Å². The number of aryl methyl sites for hydroxylation is 1. The maximum atomic E-state index is 12.6. The molecule has 5 heteroatoms. The lowest BCUT2D eigenvalue weighted by Gasteiger charge is -2.47. The van der Waals surface area contributed by atoms with Gasteiger partial charge in [0.15, 0.2) is 0 Å². The van der Waals surface area contributed by atoms with Crippen LogP contribution in [0.15, 0.2) is 24.0 Å². The first-order chi connectivity index (χ1) is 12.7. The van der Waals surface area contributed by atoms with Crippen LogP contribution in [0.25, 0.3) is 0 Å². The third-order valence-corrected chi connectivity index (χ3v) is 6.36. The number of hydrogen-bond acceptors (Lipinski definition) is 4. The van der Waals surface area contributed by atoms with Crippen molar-refractivity contribution in [3.05, 3.63) is 29.7 Å². The molecule has 140 valence electrons. The summed E-state index contributed by atoms with van der Waals surface area (Å²) < 4.78 is 0. The van der Waals surface area contributed by atoms with Crippen molar-refractivity contribution in [1.82, 2.24) is 14.9 Å². The average Bonchev–Trinajstić information content (AvgIpc) is 2.68. The summed E-state index contributed by atoms with van der Waals surface area (Å²) in [6.45, 7) is 4.91. The molecule has 26 heavy (non-hydrogen) atoms. The van der Waals surface area contributed by atoms with E-state index in [0.29, 0.717) is 24.3 Å². The standard InChI is InChI=1S/C21H30N4O/c1-16-21(23-12-11-22-16)24-13-10-19-18(15-24)7-8-20(26)25(19)14-9-17-5-3-2-4-6-17/h5,11-12,18-19H,2-4,6-10,13-15H2,1H3/t18-,19+/m0/s1. The van der Waals surface area contributed by atoms with Crippen LogP contribution in [0.5, 0.6) is 0 Å². The summed E-state index contributed by atoms with van der Waals surface area (Å²) in [4.78, 5) is 26.1. The molecule has 3 heterocycles. The quantitative estimate of drug-likeness (QED) is 0.777. The van der Waals surface area contributed by atoms with Crippen LogP contribution in [0.1, 0.15) is 57.1 Å². The number of piperidine rings is 2. The van der Waals surface area contributed by atoms with Gasteiger partial charge in [0, 0.05) is 44.5 Å². The largest absolute Gasteiger partial charge is 0.355 e. The Morgan fingerprint density at radius 1 is 1.15 bits per heavy atom. The highest BCUT2D eigenvalue weighted by Gasteiger charge is 2.39. The first kappa shape index (κ1) is 17.5. The zero-order chi connectivity index (χ0) is 17.9. The number of hydrogen-bond donors (Lipinski definition) is 0.